The summed E-state index contributed by atoms with van der Waals surface area (Å²) < 4.78 is 0. The molecule has 1 unspecified atom stereocenters. The van der Waals surface area contributed by atoms with Gasteiger partial charge in [0.05, 0.1) is 17.0 Å². The van der Waals surface area contributed by atoms with Gasteiger partial charge in [0.15, 0.2) is 0 Å². The molecule has 0 saturated carbocycles. The lowest BCUT2D eigenvalue weighted by Crippen LogP contribution is -2.38. The van der Waals surface area contributed by atoms with E-state index >= 15 is 0 Å². The Morgan fingerprint density at radius 1 is 1.53 bits per heavy atom. The Labute approximate surface area is 108 Å². The molecular formula is C11H10Cl2N2O2. The molecule has 0 aromatic heterocycles. The fraction of sp³-hybridized carbons (Fsp3) is 0.273. The maximum absolute atomic E-state index is 10.9. The van der Waals surface area contributed by atoms with Crippen LogP contribution >= 0.6 is 23.2 Å². The molecule has 6 heteroatoms. The van der Waals surface area contributed by atoms with Crippen molar-refractivity contribution in [1.82, 2.24) is 4.90 Å². The minimum Gasteiger partial charge on any atom is -0.480 e. The van der Waals surface area contributed by atoms with Crippen LogP contribution in [-0.2, 0) is 11.3 Å². The van der Waals surface area contributed by atoms with E-state index in [-0.39, 0.29) is 0 Å². The third kappa shape index (κ3) is 2.37. The summed E-state index contributed by atoms with van der Waals surface area (Å²) in [7, 11) is 0. The Hall–Kier alpha value is -1.26. The molecule has 1 atom stereocenters. The van der Waals surface area contributed by atoms with E-state index in [4.69, 9.17) is 28.3 Å². The second-order valence-electron chi connectivity index (χ2n) is 3.83. The number of benzene rings is 1. The number of carbonyl (C=O) groups is 1. The molecule has 0 aliphatic carbocycles. The van der Waals surface area contributed by atoms with E-state index in [0.717, 1.165) is 5.56 Å². The fourth-order valence-electron chi connectivity index (χ4n) is 1.63. The number of halogens is 2. The molecular weight excluding hydrogens is 263 g/mol. The predicted octanol–water partition coefficient (Wildman–Crippen LogP) is 2.94. The van der Waals surface area contributed by atoms with Crippen LogP contribution in [0.25, 0.3) is 0 Å². The minimum atomic E-state index is -0.895. The van der Waals surface area contributed by atoms with Crippen molar-refractivity contribution < 1.29 is 9.90 Å². The predicted molar refractivity (Wildman–Crippen MR) is 67.3 cm³/mol. The van der Waals surface area contributed by atoms with Crippen LogP contribution in [0.3, 0.4) is 0 Å². The maximum Gasteiger partial charge on any atom is 0.326 e. The third-order valence-electron chi connectivity index (χ3n) is 2.65. The van der Waals surface area contributed by atoms with E-state index in [2.05, 4.69) is 4.99 Å². The molecule has 0 bridgehead atoms. The summed E-state index contributed by atoms with van der Waals surface area (Å²) in [4.78, 5) is 16.7. The van der Waals surface area contributed by atoms with Crippen LogP contribution in [0.5, 0.6) is 0 Å². The molecule has 0 fully saturated rings. The number of aliphatic imine (C=N–C) groups is 1. The summed E-state index contributed by atoms with van der Waals surface area (Å²) >= 11 is 11.9. The monoisotopic (exact) mass is 272 g/mol. The summed E-state index contributed by atoms with van der Waals surface area (Å²) in [6.45, 7) is 2.04. The third-order valence-corrected chi connectivity index (χ3v) is 3.16. The second kappa shape index (κ2) is 4.55. The highest BCUT2D eigenvalue weighted by Gasteiger charge is 2.23. The smallest absolute Gasteiger partial charge is 0.326 e. The van der Waals surface area contributed by atoms with Crippen molar-refractivity contribution in [3.8, 4) is 0 Å². The molecule has 1 heterocycles. The molecule has 1 aromatic carbocycles. The zero-order valence-electron chi connectivity index (χ0n) is 9.02. The number of nitrogens with zero attached hydrogens (tertiary/aromatic N) is 2. The van der Waals surface area contributed by atoms with Gasteiger partial charge in [-0.05, 0) is 19.1 Å². The SMILES string of the molecule is CC(C(=O)O)N1C=Nc2c(Cl)cc(Cl)cc2C1. The van der Waals surface area contributed by atoms with E-state index in [1.807, 2.05) is 0 Å². The first-order chi connectivity index (χ1) is 7.99. The standard InChI is InChI=1S/C11H10Cl2N2O2/c1-6(11(16)17)15-4-7-2-8(12)3-9(13)10(7)14-5-15/h2-3,5-6H,4H2,1H3,(H,16,17). The van der Waals surface area contributed by atoms with Gasteiger partial charge in [0.1, 0.15) is 6.04 Å². The second-order valence-corrected chi connectivity index (χ2v) is 4.67. The van der Waals surface area contributed by atoms with Gasteiger partial charge in [-0.25, -0.2) is 9.79 Å². The van der Waals surface area contributed by atoms with Crippen LogP contribution in [0.15, 0.2) is 17.1 Å². The summed E-state index contributed by atoms with van der Waals surface area (Å²) in [6.07, 6.45) is 1.50. The van der Waals surface area contributed by atoms with Gasteiger partial charge >= 0.3 is 5.97 Å². The Kier molecular flexibility index (Phi) is 3.26. The molecule has 0 radical (unpaired) electrons. The van der Waals surface area contributed by atoms with Gasteiger partial charge in [0.25, 0.3) is 0 Å². The van der Waals surface area contributed by atoms with Crippen molar-refractivity contribution in [2.45, 2.75) is 19.5 Å². The number of fused-ring (bicyclic) bond motifs is 1. The van der Waals surface area contributed by atoms with Crippen molar-refractivity contribution in [3.05, 3.63) is 27.7 Å². The number of carboxylic acid groups (broad SMARTS) is 1. The number of carboxylic acids is 1. The van der Waals surface area contributed by atoms with Gasteiger partial charge in [-0.1, -0.05) is 23.2 Å². The molecule has 1 aliphatic heterocycles. The highest BCUT2D eigenvalue weighted by atomic mass is 35.5. The molecule has 4 nitrogen and oxygen atoms in total. The maximum atomic E-state index is 10.9. The van der Waals surface area contributed by atoms with Crippen LogP contribution in [-0.4, -0.2) is 28.4 Å². The van der Waals surface area contributed by atoms with Gasteiger partial charge in [0.2, 0.25) is 0 Å². The Bertz CT molecular complexity index is 502. The van der Waals surface area contributed by atoms with Crippen LogP contribution in [0, 0.1) is 0 Å². The first-order valence-electron chi connectivity index (χ1n) is 4.99. The van der Waals surface area contributed by atoms with Gasteiger partial charge in [0, 0.05) is 17.1 Å². The number of hydrogen-bond donors (Lipinski definition) is 1. The largest absolute Gasteiger partial charge is 0.480 e. The summed E-state index contributed by atoms with van der Waals surface area (Å²) in [5.41, 5.74) is 1.49. The van der Waals surface area contributed by atoms with Crippen LogP contribution in [0.1, 0.15) is 12.5 Å². The van der Waals surface area contributed by atoms with Crippen molar-refractivity contribution in [1.29, 1.82) is 0 Å². The molecule has 17 heavy (non-hydrogen) atoms. The van der Waals surface area contributed by atoms with Gasteiger partial charge < -0.3 is 10.0 Å². The summed E-state index contributed by atoms with van der Waals surface area (Å²) in [5, 5.41) is 9.94. The normalized spacial score (nSPS) is 15.6. The zero-order valence-corrected chi connectivity index (χ0v) is 10.5. The van der Waals surface area contributed by atoms with Crippen molar-refractivity contribution in [2.75, 3.05) is 0 Å². The Morgan fingerprint density at radius 3 is 2.88 bits per heavy atom. The Morgan fingerprint density at radius 2 is 2.24 bits per heavy atom. The minimum absolute atomic E-state index is 0.437. The van der Waals surface area contributed by atoms with E-state index in [1.54, 1.807) is 24.0 Å². The number of rotatable bonds is 2. The highest BCUT2D eigenvalue weighted by molar-refractivity contribution is 6.36. The summed E-state index contributed by atoms with van der Waals surface area (Å²) in [5.74, 6) is -0.895. The molecule has 0 spiro atoms. The van der Waals surface area contributed by atoms with Crippen LogP contribution < -0.4 is 0 Å². The lowest BCUT2D eigenvalue weighted by Gasteiger charge is -2.28. The molecule has 1 aromatic rings. The molecule has 90 valence electrons. The van der Waals surface area contributed by atoms with Crippen LogP contribution in [0.4, 0.5) is 5.69 Å². The highest BCUT2D eigenvalue weighted by Crippen LogP contribution is 2.35. The molecule has 0 saturated heterocycles. The molecule has 0 amide bonds. The summed E-state index contributed by atoms with van der Waals surface area (Å²) in [6, 6.07) is 2.74. The topological polar surface area (TPSA) is 52.9 Å². The number of aliphatic carboxylic acids is 1. The number of hydrogen-bond acceptors (Lipinski definition) is 3. The van der Waals surface area contributed by atoms with Crippen molar-refractivity contribution >= 4 is 41.2 Å². The molecule has 1 N–H and O–H groups in total. The average Bonchev–Trinajstić information content (AvgIpc) is 2.26. The lowest BCUT2D eigenvalue weighted by molar-refractivity contribution is -0.141. The van der Waals surface area contributed by atoms with Gasteiger partial charge in [-0.15, -0.1) is 0 Å². The lowest BCUT2D eigenvalue weighted by atomic mass is 10.1. The first kappa shape index (κ1) is 12.2. The van der Waals surface area contributed by atoms with Crippen LogP contribution in [0.2, 0.25) is 10.0 Å². The van der Waals surface area contributed by atoms with Crippen molar-refractivity contribution in [3.63, 3.8) is 0 Å². The van der Waals surface area contributed by atoms with Crippen molar-refractivity contribution in [2.24, 2.45) is 4.99 Å². The van der Waals surface area contributed by atoms with E-state index in [9.17, 15) is 4.79 Å². The molecule has 1 aliphatic rings. The first-order valence-corrected chi connectivity index (χ1v) is 5.75. The van der Waals surface area contributed by atoms with Gasteiger partial charge in [-0.3, -0.25) is 0 Å². The Balaban J connectivity index is 2.34. The van der Waals surface area contributed by atoms with E-state index in [1.165, 1.54) is 6.34 Å². The van der Waals surface area contributed by atoms with E-state index < -0.39 is 12.0 Å². The average molecular weight is 273 g/mol. The van der Waals surface area contributed by atoms with Gasteiger partial charge in [-0.2, -0.15) is 0 Å². The zero-order chi connectivity index (χ0) is 12.6. The fourth-order valence-corrected chi connectivity index (χ4v) is 2.22. The van der Waals surface area contributed by atoms with E-state index in [0.29, 0.717) is 22.3 Å². The molecule has 2 rings (SSSR count). The quantitative estimate of drug-likeness (QED) is 0.901.